The summed E-state index contributed by atoms with van der Waals surface area (Å²) in [5.74, 6) is 3.36. The third-order valence-corrected chi connectivity index (χ3v) is 6.48. The highest BCUT2D eigenvalue weighted by atomic mass is 16.5. The Hall–Kier alpha value is -3.86. The summed E-state index contributed by atoms with van der Waals surface area (Å²) in [6.45, 7) is 4.55. The van der Waals surface area contributed by atoms with Crippen LogP contribution in [-0.2, 0) is 0 Å². The van der Waals surface area contributed by atoms with Crippen molar-refractivity contribution < 1.29 is 19.3 Å². The first kappa shape index (κ1) is 22.9. The van der Waals surface area contributed by atoms with E-state index in [4.69, 9.17) is 14.2 Å². The third kappa shape index (κ3) is 4.72. The summed E-state index contributed by atoms with van der Waals surface area (Å²) in [5.41, 5.74) is 2.95. The summed E-state index contributed by atoms with van der Waals surface area (Å²) < 4.78 is 18.3. The fraction of sp³-hybridized carbons (Fsp3) is 0.267. The summed E-state index contributed by atoms with van der Waals surface area (Å²) in [5, 5.41) is 11.9. The summed E-state index contributed by atoms with van der Waals surface area (Å²) in [6, 6.07) is 23.4. The Morgan fingerprint density at radius 3 is 2.46 bits per heavy atom. The molecule has 5 heteroatoms. The van der Waals surface area contributed by atoms with Gasteiger partial charge in [-0.15, -0.1) is 0 Å². The van der Waals surface area contributed by atoms with Gasteiger partial charge >= 0.3 is 0 Å². The van der Waals surface area contributed by atoms with Gasteiger partial charge in [0.1, 0.15) is 28.7 Å². The number of methoxy groups -OCH3 is 1. The molecule has 0 saturated carbocycles. The quantitative estimate of drug-likeness (QED) is 0.306. The maximum Gasteiger partial charge on any atom is 0.154 e. The van der Waals surface area contributed by atoms with E-state index in [2.05, 4.69) is 11.0 Å². The van der Waals surface area contributed by atoms with Crippen LogP contribution in [0.1, 0.15) is 26.2 Å². The van der Waals surface area contributed by atoms with Crippen molar-refractivity contribution >= 4 is 16.5 Å². The van der Waals surface area contributed by atoms with Crippen molar-refractivity contribution in [1.29, 1.82) is 0 Å². The molecule has 1 aliphatic rings. The monoisotopic (exact) mass is 469 g/mol. The first-order chi connectivity index (χ1) is 17.2. The van der Waals surface area contributed by atoms with Crippen LogP contribution < -0.4 is 19.1 Å². The lowest BCUT2D eigenvalue weighted by molar-refractivity contribution is 0.337. The van der Waals surface area contributed by atoms with Crippen LogP contribution in [0.4, 0.5) is 5.69 Å². The van der Waals surface area contributed by atoms with E-state index in [0.717, 1.165) is 76.5 Å². The number of piperidine rings is 1. The van der Waals surface area contributed by atoms with E-state index in [1.807, 2.05) is 61.5 Å². The fourth-order valence-corrected chi connectivity index (χ4v) is 4.81. The summed E-state index contributed by atoms with van der Waals surface area (Å²) in [4.78, 5) is 2.38. The van der Waals surface area contributed by atoms with Gasteiger partial charge in [0.2, 0.25) is 0 Å². The number of hydrogen-bond donors (Lipinski definition) is 1. The van der Waals surface area contributed by atoms with Crippen LogP contribution >= 0.6 is 0 Å². The smallest absolute Gasteiger partial charge is 0.154 e. The van der Waals surface area contributed by atoms with Gasteiger partial charge in [0.15, 0.2) is 5.75 Å². The van der Waals surface area contributed by atoms with Gasteiger partial charge in [0, 0.05) is 24.0 Å². The Kier molecular flexibility index (Phi) is 6.66. The third-order valence-electron chi connectivity index (χ3n) is 6.48. The van der Waals surface area contributed by atoms with Crippen molar-refractivity contribution in [3.8, 4) is 39.9 Å². The molecule has 180 valence electrons. The van der Waals surface area contributed by atoms with Crippen molar-refractivity contribution in [1.82, 2.24) is 0 Å². The maximum absolute atomic E-state index is 10.1. The predicted octanol–water partition coefficient (Wildman–Crippen LogP) is 7.40. The van der Waals surface area contributed by atoms with Crippen LogP contribution in [0.25, 0.3) is 21.9 Å². The van der Waals surface area contributed by atoms with Crippen LogP contribution in [-0.4, -0.2) is 31.9 Å². The second-order valence-electron chi connectivity index (χ2n) is 8.77. The molecule has 1 aliphatic heterocycles. The molecule has 0 radical (unpaired) electrons. The number of para-hydroxylation sites is 1. The highest BCUT2D eigenvalue weighted by Crippen LogP contribution is 2.46. The number of phenolic OH excluding ortho intramolecular Hbond substituents is 1. The van der Waals surface area contributed by atoms with Crippen LogP contribution in [0.5, 0.6) is 28.7 Å². The predicted molar refractivity (Wildman–Crippen MR) is 141 cm³/mol. The number of aromatic hydroxyl groups is 1. The first-order valence-electron chi connectivity index (χ1n) is 12.3. The van der Waals surface area contributed by atoms with Gasteiger partial charge < -0.3 is 24.2 Å². The minimum atomic E-state index is 0.227. The minimum Gasteiger partial charge on any atom is -0.508 e. The van der Waals surface area contributed by atoms with E-state index in [1.165, 1.54) is 6.42 Å². The molecule has 0 bridgehead atoms. The average Bonchev–Trinajstić information content (AvgIpc) is 2.89. The molecular weight excluding hydrogens is 438 g/mol. The van der Waals surface area contributed by atoms with E-state index in [1.54, 1.807) is 19.2 Å². The molecule has 4 aromatic carbocycles. The molecule has 0 unspecified atom stereocenters. The standard InChI is InChI=1S/C30H31NO4/c1-3-34-27-11-8-12-28(29(27)31-17-5-4-6-18-31)35-30-25(21-9-7-10-24(20-21)33-2)15-13-22-19-23(32)14-16-26(22)30/h7-16,19-20,32H,3-6,17-18H2,1-2H3. The SMILES string of the molecule is CCOc1cccc(Oc2c(-c3cccc(OC)c3)ccc3cc(O)ccc23)c1N1CCCCC1. The van der Waals surface area contributed by atoms with E-state index >= 15 is 0 Å². The molecule has 1 fully saturated rings. The Balaban J connectivity index is 1.69. The summed E-state index contributed by atoms with van der Waals surface area (Å²) in [7, 11) is 1.67. The van der Waals surface area contributed by atoms with Crippen LogP contribution in [0.15, 0.2) is 72.8 Å². The van der Waals surface area contributed by atoms with E-state index in [9.17, 15) is 5.11 Å². The fourth-order valence-electron chi connectivity index (χ4n) is 4.81. The zero-order valence-corrected chi connectivity index (χ0v) is 20.3. The second kappa shape index (κ2) is 10.2. The van der Waals surface area contributed by atoms with Gasteiger partial charge in [-0.1, -0.05) is 24.3 Å². The lowest BCUT2D eigenvalue weighted by Gasteiger charge is -2.32. The molecule has 1 heterocycles. The van der Waals surface area contributed by atoms with Gasteiger partial charge in [0.25, 0.3) is 0 Å². The molecule has 4 aromatic rings. The molecule has 0 aliphatic carbocycles. The minimum absolute atomic E-state index is 0.227. The normalized spacial score (nSPS) is 13.6. The first-order valence-corrected chi connectivity index (χ1v) is 12.3. The molecule has 0 atom stereocenters. The number of ether oxygens (including phenoxy) is 3. The maximum atomic E-state index is 10.1. The Morgan fingerprint density at radius 1 is 0.857 bits per heavy atom. The number of nitrogens with zero attached hydrogens (tertiary/aromatic N) is 1. The number of benzene rings is 4. The van der Waals surface area contributed by atoms with Gasteiger partial charge in [-0.25, -0.2) is 0 Å². The summed E-state index contributed by atoms with van der Waals surface area (Å²) in [6.07, 6.45) is 3.56. The van der Waals surface area contributed by atoms with E-state index < -0.39 is 0 Å². The average molecular weight is 470 g/mol. The largest absolute Gasteiger partial charge is 0.508 e. The molecule has 5 nitrogen and oxygen atoms in total. The Morgan fingerprint density at radius 2 is 1.66 bits per heavy atom. The lowest BCUT2D eigenvalue weighted by Crippen LogP contribution is -2.30. The molecule has 0 amide bonds. The zero-order valence-electron chi connectivity index (χ0n) is 20.3. The van der Waals surface area contributed by atoms with Gasteiger partial charge in [0.05, 0.1) is 13.7 Å². The summed E-state index contributed by atoms with van der Waals surface area (Å²) >= 11 is 0. The van der Waals surface area contributed by atoms with Gasteiger partial charge in [-0.2, -0.15) is 0 Å². The highest BCUT2D eigenvalue weighted by Gasteiger charge is 2.22. The Bertz CT molecular complexity index is 1330. The number of phenols is 1. The number of anilines is 1. The van der Waals surface area contributed by atoms with Crippen molar-refractivity contribution in [2.75, 3.05) is 31.7 Å². The molecule has 0 aromatic heterocycles. The van der Waals surface area contributed by atoms with E-state index in [0.29, 0.717) is 6.61 Å². The van der Waals surface area contributed by atoms with E-state index in [-0.39, 0.29) is 5.75 Å². The van der Waals surface area contributed by atoms with Crippen LogP contribution in [0, 0.1) is 0 Å². The van der Waals surface area contributed by atoms with Crippen LogP contribution in [0.3, 0.4) is 0 Å². The van der Waals surface area contributed by atoms with Crippen molar-refractivity contribution in [3.05, 3.63) is 72.8 Å². The van der Waals surface area contributed by atoms with Gasteiger partial charge in [-0.3, -0.25) is 0 Å². The lowest BCUT2D eigenvalue weighted by atomic mass is 9.99. The molecule has 1 saturated heterocycles. The number of hydrogen-bond acceptors (Lipinski definition) is 5. The number of rotatable bonds is 7. The molecule has 5 rings (SSSR count). The van der Waals surface area contributed by atoms with Gasteiger partial charge in [-0.05, 0) is 85.7 Å². The number of fused-ring (bicyclic) bond motifs is 1. The highest BCUT2D eigenvalue weighted by molar-refractivity contribution is 5.96. The second-order valence-corrected chi connectivity index (χ2v) is 8.77. The molecular formula is C30H31NO4. The van der Waals surface area contributed by atoms with Crippen LogP contribution in [0.2, 0.25) is 0 Å². The zero-order chi connectivity index (χ0) is 24.2. The van der Waals surface area contributed by atoms with Crippen molar-refractivity contribution in [2.45, 2.75) is 26.2 Å². The van der Waals surface area contributed by atoms with Crippen molar-refractivity contribution in [3.63, 3.8) is 0 Å². The topological polar surface area (TPSA) is 51.2 Å². The van der Waals surface area contributed by atoms with Crippen molar-refractivity contribution in [2.24, 2.45) is 0 Å². The molecule has 35 heavy (non-hydrogen) atoms. The molecule has 0 spiro atoms. The Labute approximate surface area is 206 Å². The molecule has 1 N–H and O–H groups in total.